The van der Waals surface area contributed by atoms with E-state index >= 15 is 0 Å². The van der Waals surface area contributed by atoms with Crippen molar-refractivity contribution >= 4 is 29.2 Å². The van der Waals surface area contributed by atoms with Crippen LogP contribution in [0, 0.1) is 0 Å². The maximum atomic E-state index is 12.1. The fraction of sp³-hybridized carbons (Fsp3) is 0.286. The van der Waals surface area contributed by atoms with Crippen LogP contribution in [0.15, 0.2) is 22.7 Å². The predicted molar refractivity (Wildman–Crippen MR) is 78.0 cm³/mol. The molecule has 6 nitrogen and oxygen atoms in total. The van der Waals surface area contributed by atoms with E-state index in [1.54, 1.807) is 18.2 Å². The number of carbonyl (C=O) groups is 1. The minimum atomic E-state index is -1.41. The second-order valence-electron chi connectivity index (χ2n) is 4.85. The second-order valence-corrected chi connectivity index (χ2v) is 5.66. The Labute approximate surface area is 135 Å². The smallest absolute Gasteiger partial charge is 0.343 e. The maximum Gasteiger partial charge on any atom is 0.343 e. The summed E-state index contributed by atoms with van der Waals surface area (Å²) in [6, 6.07) is 4.89. The Morgan fingerprint density at radius 3 is 2.50 bits per heavy atom. The molecule has 1 aromatic carbocycles. The van der Waals surface area contributed by atoms with E-state index in [1.807, 2.05) is 0 Å². The number of aliphatic hydroxyl groups is 1. The molecule has 8 heteroatoms. The third-order valence-corrected chi connectivity index (χ3v) is 4.02. The van der Waals surface area contributed by atoms with Crippen molar-refractivity contribution in [1.82, 2.24) is 5.16 Å². The van der Waals surface area contributed by atoms with Crippen LogP contribution in [0.25, 0.3) is 11.3 Å². The lowest BCUT2D eigenvalue weighted by atomic mass is 9.93. The molecule has 0 bridgehead atoms. The molecule has 1 N–H and O–H groups in total. The number of carbonyl (C=O) groups excluding carboxylic acids is 1. The Morgan fingerprint density at radius 1 is 1.36 bits per heavy atom. The highest BCUT2D eigenvalue weighted by atomic mass is 35.5. The van der Waals surface area contributed by atoms with E-state index < -0.39 is 11.6 Å². The summed E-state index contributed by atoms with van der Waals surface area (Å²) in [5.41, 5.74) is -0.964. The van der Waals surface area contributed by atoms with Gasteiger partial charge in [-0.15, -0.1) is 0 Å². The molecule has 1 aliphatic heterocycles. The Kier molecular flexibility index (Phi) is 3.86. The number of rotatable bonds is 3. The van der Waals surface area contributed by atoms with E-state index in [4.69, 9.17) is 37.2 Å². The minimum absolute atomic E-state index is 0.00187. The molecular formula is C14H11Cl2NO5. The van der Waals surface area contributed by atoms with Gasteiger partial charge in [0.1, 0.15) is 11.3 Å². The lowest BCUT2D eigenvalue weighted by molar-refractivity contribution is -0.195. The number of hydrogen-bond acceptors (Lipinski definition) is 6. The third-order valence-electron chi connectivity index (χ3n) is 3.39. The fourth-order valence-electron chi connectivity index (χ4n) is 2.22. The van der Waals surface area contributed by atoms with Gasteiger partial charge in [-0.3, -0.25) is 0 Å². The first-order chi connectivity index (χ1) is 10.5. The summed E-state index contributed by atoms with van der Waals surface area (Å²) in [5.74, 6) is -0.723. The Morgan fingerprint density at radius 2 is 2.00 bits per heavy atom. The van der Waals surface area contributed by atoms with E-state index in [9.17, 15) is 9.90 Å². The number of nitrogens with zero attached hydrogens (tertiary/aromatic N) is 1. The van der Waals surface area contributed by atoms with Crippen LogP contribution >= 0.6 is 23.2 Å². The van der Waals surface area contributed by atoms with Crippen LogP contribution in [0.1, 0.15) is 16.1 Å². The van der Waals surface area contributed by atoms with Gasteiger partial charge in [-0.2, -0.15) is 0 Å². The zero-order valence-electron chi connectivity index (χ0n) is 11.4. The molecule has 116 valence electrons. The summed E-state index contributed by atoms with van der Waals surface area (Å²) < 4.78 is 14.9. The standard InChI is InChI=1S/C14H11Cl2NO5/c1-20-13(18)10-11(9-7(15)3-2-4-8(9)16)17-22-12(10)14(19)5-21-6-14/h2-4,19H,5-6H2,1H3. The molecule has 0 spiro atoms. The largest absolute Gasteiger partial charge is 0.465 e. The monoisotopic (exact) mass is 343 g/mol. The molecule has 3 rings (SSSR count). The number of hydrogen-bond donors (Lipinski definition) is 1. The van der Waals surface area contributed by atoms with E-state index in [0.29, 0.717) is 15.6 Å². The van der Waals surface area contributed by atoms with Gasteiger partial charge < -0.3 is 19.1 Å². The molecule has 1 fully saturated rings. The van der Waals surface area contributed by atoms with Crippen molar-refractivity contribution < 1.29 is 23.9 Å². The second kappa shape index (κ2) is 5.55. The summed E-state index contributed by atoms with van der Waals surface area (Å²) in [5, 5.41) is 14.8. The van der Waals surface area contributed by atoms with Crippen molar-refractivity contribution in [2.24, 2.45) is 0 Å². The van der Waals surface area contributed by atoms with E-state index in [0.717, 1.165) is 0 Å². The Hall–Kier alpha value is -1.60. The molecule has 1 saturated heterocycles. The van der Waals surface area contributed by atoms with Gasteiger partial charge in [-0.1, -0.05) is 34.4 Å². The van der Waals surface area contributed by atoms with Crippen LogP contribution in [-0.2, 0) is 15.1 Å². The highest BCUT2D eigenvalue weighted by Gasteiger charge is 2.46. The van der Waals surface area contributed by atoms with E-state index in [-0.39, 0.29) is 30.2 Å². The molecule has 22 heavy (non-hydrogen) atoms. The molecule has 0 unspecified atom stereocenters. The summed E-state index contributed by atoms with van der Waals surface area (Å²) in [6.07, 6.45) is 0. The molecular weight excluding hydrogens is 333 g/mol. The molecule has 1 aliphatic rings. The van der Waals surface area contributed by atoms with Crippen LogP contribution in [0.5, 0.6) is 0 Å². The van der Waals surface area contributed by atoms with Gasteiger partial charge in [0.05, 0.1) is 30.4 Å². The summed E-state index contributed by atoms with van der Waals surface area (Å²) in [4.78, 5) is 12.1. The molecule has 2 heterocycles. The average molecular weight is 344 g/mol. The van der Waals surface area contributed by atoms with Crippen molar-refractivity contribution in [3.05, 3.63) is 39.6 Å². The molecule has 1 aromatic heterocycles. The van der Waals surface area contributed by atoms with E-state index in [2.05, 4.69) is 5.16 Å². The van der Waals surface area contributed by atoms with Crippen molar-refractivity contribution in [1.29, 1.82) is 0 Å². The van der Waals surface area contributed by atoms with Crippen LogP contribution in [0.4, 0.5) is 0 Å². The SMILES string of the molecule is COC(=O)c1c(-c2c(Cl)cccc2Cl)noc1C1(O)COC1. The molecule has 0 aliphatic carbocycles. The topological polar surface area (TPSA) is 81.8 Å². The number of esters is 1. The van der Waals surface area contributed by atoms with Gasteiger partial charge in [0, 0.05) is 5.56 Å². The number of methoxy groups -OCH3 is 1. The van der Waals surface area contributed by atoms with Gasteiger partial charge in [0.2, 0.25) is 0 Å². The highest BCUT2D eigenvalue weighted by Crippen LogP contribution is 2.41. The zero-order valence-corrected chi connectivity index (χ0v) is 12.9. The lowest BCUT2D eigenvalue weighted by Crippen LogP contribution is -2.47. The molecule has 2 aromatic rings. The zero-order chi connectivity index (χ0) is 15.9. The van der Waals surface area contributed by atoms with E-state index in [1.165, 1.54) is 7.11 Å². The number of benzene rings is 1. The quantitative estimate of drug-likeness (QED) is 0.862. The van der Waals surface area contributed by atoms with Crippen LogP contribution in [0.3, 0.4) is 0 Å². The predicted octanol–water partition coefficient (Wildman–Crippen LogP) is 2.65. The number of aromatic nitrogens is 1. The molecule has 0 radical (unpaired) electrons. The Balaban J connectivity index is 2.23. The van der Waals surface area contributed by atoms with Crippen LogP contribution in [0.2, 0.25) is 10.0 Å². The first-order valence-electron chi connectivity index (χ1n) is 6.31. The van der Waals surface area contributed by atoms with Crippen LogP contribution < -0.4 is 0 Å². The minimum Gasteiger partial charge on any atom is -0.465 e. The molecule has 0 amide bonds. The van der Waals surface area contributed by atoms with Crippen molar-refractivity contribution in [3.63, 3.8) is 0 Å². The molecule has 0 atom stereocenters. The first-order valence-corrected chi connectivity index (χ1v) is 7.06. The molecule has 0 saturated carbocycles. The number of ether oxygens (including phenoxy) is 2. The average Bonchev–Trinajstić information content (AvgIpc) is 2.88. The van der Waals surface area contributed by atoms with Gasteiger partial charge in [-0.25, -0.2) is 4.79 Å². The maximum absolute atomic E-state index is 12.1. The van der Waals surface area contributed by atoms with Crippen LogP contribution in [-0.4, -0.2) is 36.6 Å². The first kappa shape index (κ1) is 15.3. The van der Waals surface area contributed by atoms with Crippen molar-refractivity contribution in [3.8, 4) is 11.3 Å². The fourth-order valence-corrected chi connectivity index (χ4v) is 2.80. The van der Waals surface area contributed by atoms with Gasteiger partial charge in [0.25, 0.3) is 0 Å². The van der Waals surface area contributed by atoms with Gasteiger partial charge in [-0.05, 0) is 12.1 Å². The summed E-state index contributed by atoms with van der Waals surface area (Å²) in [7, 11) is 1.22. The van der Waals surface area contributed by atoms with Crippen molar-refractivity contribution in [2.75, 3.05) is 20.3 Å². The Bertz CT molecular complexity index is 719. The third kappa shape index (κ3) is 2.28. The lowest BCUT2D eigenvalue weighted by Gasteiger charge is -2.34. The van der Waals surface area contributed by atoms with Gasteiger partial charge in [0.15, 0.2) is 11.4 Å². The van der Waals surface area contributed by atoms with Crippen molar-refractivity contribution in [2.45, 2.75) is 5.60 Å². The number of halogens is 2. The normalized spacial score (nSPS) is 16.2. The van der Waals surface area contributed by atoms with Gasteiger partial charge >= 0.3 is 5.97 Å². The highest BCUT2D eigenvalue weighted by molar-refractivity contribution is 6.39. The summed E-state index contributed by atoms with van der Waals surface area (Å²) in [6.45, 7) is 0.00373. The summed E-state index contributed by atoms with van der Waals surface area (Å²) >= 11 is 12.3.